The second-order valence-corrected chi connectivity index (χ2v) is 11.3. The van der Waals surface area contributed by atoms with E-state index < -0.39 is 9.84 Å². The Labute approximate surface area is 184 Å². The maximum Gasteiger partial charge on any atom is 0.252 e. The van der Waals surface area contributed by atoms with Crippen LogP contribution in [0.25, 0.3) is 0 Å². The summed E-state index contributed by atoms with van der Waals surface area (Å²) in [7, 11) is -3.10. The molecule has 2 fully saturated rings. The van der Waals surface area contributed by atoms with Crippen LogP contribution in [-0.4, -0.2) is 47.2 Å². The molecule has 0 N–H and O–H groups in total. The van der Waals surface area contributed by atoms with Gasteiger partial charge in [0.05, 0.1) is 24.0 Å². The first-order valence-electron chi connectivity index (χ1n) is 9.04. The Balaban J connectivity index is 1.60. The molecule has 0 aromatic heterocycles. The number of amides is 1. The molecular formula is C20H18Cl2N2O3S2. The molecule has 2 heterocycles. The van der Waals surface area contributed by atoms with Crippen molar-refractivity contribution in [1.82, 2.24) is 4.90 Å². The molecule has 2 aliphatic heterocycles. The first-order chi connectivity index (χ1) is 13.8. The average Bonchev–Trinajstić information content (AvgIpc) is 3.11. The van der Waals surface area contributed by atoms with Crippen LogP contribution in [-0.2, 0) is 27.6 Å². The molecule has 2 aliphatic rings. The maximum absolute atomic E-state index is 12.6. The molecule has 152 valence electrons. The number of hydrogen-bond acceptors (Lipinski definition) is 4. The number of aliphatic imine (C=N–C) groups is 1. The quantitative estimate of drug-likeness (QED) is 0.681. The number of sulfone groups is 1. The minimum absolute atomic E-state index is 0.0623. The van der Waals surface area contributed by atoms with E-state index in [9.17, 15) is 13.2 Å². The first-order valence-corrected chi connectivity index (χ1v) is 12.5. The van der Waals surface area contributed by atoms with Gasteiger partial charge in [0.1, 0.15) is 0 Å². The third-order valence-corrected chi connectivity index (χ3v) is 8.98. The van der Waals surface area contributed by atoms with Crippen LogP contribution in [0.1, 0.15) is 11.1 Å². The van der Waals surface area contributed by atoms with Crippen LogP contribution >= 0.6 is 35.0 Å². The Kier molecular flexibility index (Phi) is 5.93. The third kappa shape index (κ3) is 4.63. The number of amidine groups is 1. The van der Waals surface area contributed by atoms with Crippen LogP contribution in [0.2, 0.25) is 10.0 Å². The number of fused-ring (bicyclic) bond motifs is 1. The van der Waals surface area contributed by atoms with Gasteiger partial charge in [0.2, 0.25) is 0 Å². The molecular weight excluding hydrogens is 451 g/mol. The summed E-state index contributed by atoms with van der Waals surface area (Å²) < 4.78 is 24.3. The van der Waals surface area contributed by atoms with Gasteiger partial charge in [0.25, 0.3) is 5.91 Å². The van der Waals surface area contributed by atoms with Crippen LogP contribution in [0.3, 0.4) is 0 Å². The van der Waals surface area contributed by atoms with Crippen molar-refractivity contribution >= 4 is 55.9 Å². The molecule has 0 saturated carbocycles. The van der Waals surface area contributed by atoms with Gasteiger partial charge in [-0.1, -0.05) is 71.4 Å². The van der Waals surface area contributed by atoms with Gasteiger partial charge in [-0.25, -0.2) is 8.42 Å². The van der Waals surface area contributed by atoms with Gasteiger partial charge in [-0.3, -0.25) is 4.79 Å². The molecule has 0 unspecified atom stereocenters. The second-order valence-electron chi connectivity index (χ2n) is 7.08. The van der Waals surface area contributed by atoms with Crippen LogP contribution in [0, 0.1) is 0 Å². The van der Waals surface area contributed by atoms with Gasteiger partial charge in [0.15, 0.2) is 15.0 Å². The monoisotopic (exact) mass is 468 g/mol. The highest BCUT2D eigenvalue weighted by atomic mass is 35.5. The molecule has 2 saturated heterocycles. The number of carbonyl (C=O) groups excluding carboxylic acids is 1. The first kappa shape index (κ1) is 20.7. The molecule has 0 bridgehead atoms. The van der Waals surface area contributed by atoms with E-state index >= 15 is 0 Å². The Morgan fingerprint density at radius 1 is 1.03 bits per heavy atom. The number of thioether (sulfide) groups is 1. The molecule has 4 rings (SSSR count). The predicted octanol–water partition coefficient (Wildman–Crippen LogP) is 3.83. The van der Waals surface area contributed by atoms with Crippen molar-refractivity contribution in [1.29, 1.82) is 0 Å². The largest absolute Gasteiger partial charge is 0.342 e. The lowest BCUT2D eigenvalue weighted by molar-refractivity contribution is -0.117. The number of hydrogen-bond donors (Lipinski definition) is 0. The minimum Gasteiger partial charge on any atom is -0.342 e. The molecule has 5 nitrogen and oxygen atoms in total. The van der Waals surface area contributed by atoms with Crippen molar-refractivity contribution < 1.29 is 13.2 Å². The smallest absolute Gasteiger partial charge is 0.252 e. The molecule has 2 aromatic rings. The van der Waals surface area contributed by atoms with Crippen molar-refractivity contribution in [2.45, 2.75) is 24.3 Å². The van der Waals surface area contributed by atoms with E-state index in [1.165, 1.54) is 11.8 Å². The van der Waals surface area contributed by atoms with Crippen molar-refractivity contribution in [3.63, 3.8) is 0 Å². The van der Waals surface area contributed by atoms with E-state index in [1.807, 2.05) is 35.2 Å². The number of carbonyl (C=O) groups is 1. The fourth-order valence-electron chi connectivity index (χ4n) is 3.58. The Hall–Kier alpha value is -1.54. The topological polar surface area (TPSA) is 66.8 Å². The SMILES string of the molecule is O=C(Cc1ccccc1Cl)N=C1S[C@@H]2CS(=O)(=O)C[C@@H]2N1Cc1ccccc1Cl. The fraction of sp³-hybridized carbons (Fsp3) is 0.300. The predicted molar refractivity (Wildman–Crippen MR) is 118 cm³/mol. The zero-order valence-corrected chi connectivity index (χ0v) is 18.4. The van der Waals surface area contributed by atoms with E-state index in [4.69, 9.17) is 23.2 Å². The summed E-state index contributed by atoms with van der Waals surface area (Å²) in [5, 5.41) is 1.54. The van der Waals surface area contributed by atoms with Crippen LogP contribution in [0.4, 0.5) is 0 Å². The van der Waals surface area contributed by atoms with Crippen molar-refractivity contribution in [3.05, 3.63) is 69.7 Å². The van der Waals surface area contributed by atoms with Gasteiger partial charge in [-0.15, -0.1) is 0 Å². The summed E-state index contributed by atoms with van der Waals surface area (Å²) in [4.78, 5) is 18.8. The number of rotatable bonds is 4. The van der Waals surface area contributed by atoms with Crippen LogP contribution in [0.15, 0.2) is 53.5 Å². The third-order valence-electron chi connectivity index (χ3n) is 4.99. The molecule has 0 spiro atoms. The number of nitrogens with zero attached hydrogens (tertiary/aromatic N) is 2. The number of benzene rings is 2. The molecule has 2 aromatic carbocycles. The zero-order chi connectivity index (χ0) is 20.6. The molecule has 9 heteroatoms. The van der Waals surface area contributed by atoms with Gasteiger partial charge in [0, 0.05) is 21.8 Å². The molecule has 0 radical (unpaired) electrons. The highest BCUT2D eigenvalue weighted by molar-refractivity contribution is 8.15. The number of halogens is 2. The van der Waals surface area contributed by atoms with Crippen LogP contribution < -0.4 is 0 Å². The summed E-state index contributed by atoms with van der Waals surface area (Å²) in [6.07, 6.45) is 0.0945. The van der Waals surface area contributed by atoms with Crippen molar-refractivity contribution in [3.8, 4) is 0 Å². The highest BCUT2D eigenvalue weighted by Gasteiger charge is 2.48. The maximum atomic E-state index is 12.6. The summed E-state index contributed by atoms with van der Waals surface area (Å²) >= 11 is 13.8. The van der Waals surface area contributed by atoms with Crippen LogP contribution in [0.5, 0.6) is 0 Å². The molecule has 0 aliphatic carbocycles. The van der Waals surface area contributed by atoms with Gasteiger partial charge >= 0.3 is 0 Å². The zero-order valence-electron chi connectivity index (χ0n) is 15.3. The average molecular weight is 469 g/mol. The van der Waals surface area contributed by atoms with E-state index in [2.05, 4.69) is 4.99 Å². The van der Waals surface area contributed by atoms with E-state index in [0.717, 1.165) is 5.56 Å². The van der Waals surface area contributed by atoms with Gasteiger partial charge in [-0.2, -0.15) is 4.99 Å². The lowest BCUT2D eigenvalue weighted by Gasteiger charge is -2.25. The van der Waals surface area contributed by atoms with Gasteiger partial charge in [-0.05, 0) is 23.3 Å². The summed E-state index contributed by atoms with van der Waals surface area (Å²) in [5.74, 6) is -0.154. The summed E-state index contributed by atoms with van der Waals surface area (Å²) in [6, 6.07) is 14.4. The molecule has 29 heavy (non-hydrogen) atoms. The van der Waals surface area contributed by atoms with Crippen molar-refractivity contribution in [2.24, 2.45) is 4.99 Å². The second kappa shape index (κ2) is 8.30. The Morgan fingerprint density at radius 3 is 2.31 bits per heavy atom. The van der Waals surface area contributed by atoms with Gasteiger partial charge < -0.3 is 4.90 Å². The lowest BCUT2D eigenvalue weighted by atomic mass is 10.1. The van der Waals surface area contributed by atoms with E-state index in [1.54, 1.807) is 18.2 Å². The Bertz CT molecular complexity index is 1090. The standard InChI is InChI=1S/C20H18Cl2N2O3S2/c21-15-7-3-1-5-13(15)9-19(25)23-20-24(10-14-6-2-4-8-16(14)22)17-11-29(26,27)12-18(17)28-20/h1-8,17-18H,9-12H2/t17-,18+/m0/s1. The lowest BCUT2D eigenvalue weighted by Crippen LogP contribution is -2.37. The summed E-state index contributed by atoms with van der Waals surface area (Å²) in [6.45, 7) is 0.404. The highest BCUT2D eigenvalue weighted by Crippen LogP contribution is 2.39. The molecule has 2 atom stereocenters. The Morgan fingerprint density at radius 2 is 1.66 bits per heavy atom. The van der Waals surface area contributed by atoms with Crippen molar-refractivity contribution in [2.75, 3.05) is 11.5 Å². The van der Waals surface area contributed by atoms with E-state index in [-0.39, 0.29) is 35.1 Å². The minimum atomic E-state index is -3.10. The summed E-state index contributed by atoms with van der Waals surface area (Å²) in [5.41, 5.74) is 1.58. The normalized spacial score (nSPS) is 24.1. The molecule has 1 amide bonds. The van der Waals surface area contributed by atoms with E-state index in [0.29, 0.717) is 27.3 Å². The fourth-order valence-corrected chi connectivity index (χ4v) is 7.95.